The van der Waals surface area contributed by atoms with Gasteiger partial charge in [0.2, 0.25) is 19.7 Å². The summed E-state index contributed by atoms with van der Waals surface area (Å²) < 4.78 is 140. The van der Waals surface area contributed by atoms with Crippen LogP contribution in [-0.2, 0) is 25.1 Å². The third kappa shape index (κ3) is 5.30. The van der Waals surface area contributed by atoms with Gasteiger partial charge in [0, 0.05) is 11.4 Å². The molecular weight excluding hydrogens is 622 g/mol. The molecule has 0 fully saturated rings. The molecule has 16 heteroatoms. The molecule has 0 aliphatic heterocycles. The highest BCUT2D eigenvalue weighted by Gasteiger charge is 2.72. The summed E-state index contributed by atoms with van der Waals surface area (Å²) in [7, 11) is -8.63. The molecule has 1 atom stereocenters. The molecule has 0 aromatic heterocycles. The molecule has 0 aliphatic rings. The number of hydrogen-bond donors (Lipinski definition) is 3. The maximum atomic E-state index is 15.6. The Hall–Kier alpha value is -4.12. The lowest BCUT2D eigenvalue weighted by molar-refractivity contribution is -0.339. The van der Waals surface area contributed by atoms with Crippen molar-refractivity contribution in [1.29, 1.82) is 0 Å². The van der Waals surface area contributed by atoms with E-state index >= 15 is 4.39 Å². The Balaban J connectivity index is 1.91. The molecule has 0 spiro atoms. The molecule has 0 saturated carbocycles. The summed E-state index contributed by atoms with van der Waals surface area (Å²) in [5.74, 6) is -4.97. The van der Waals surface area contributed by atoms with Crippen LogP contribution in [0.2, 0.25) is 0 Å². The first-order valence-corrected chi connectivity index (χ1v) is 14.9. The zero-order chi connectivity index (χ0) is 32.0. The van der Waals surface area contributed by atoms with E-state index in [1.807, 2.05) is 0 Å². The third-order valence-electron chi connectivity index (χ3n) is 6.77. The van der Waals surface area contributed by atoms with Crippen LogP contribution in [0.15, 0.2) is 117 Å². The molecule has 0 radical (unpaired) electrons. The number of nitrogen functional groups attached to an aromatic ring is 2. The predicted octanol–water partition coefficient (Wildman–Crippen LogP) is 5.02. The number of alkyl halides is 4. The van der Waals surface area contributed by atoms with Crippen molar-refractivity contribution < 1.29 is 43.4 Å². The number of halogens is 6. The molecule has 6 N–H and O–H groups in total. The van der Waals surface area contributed by atoms with Gasteiger partial charge < -0.3 is 11.5 Å². The Morgan fingerprint density at radius 2 is 0.767 bits per heavy atom. The van der Waals surface area contributed by atoms with Gasteiger partial charge in [0.15, 0.2) is 5.41 Å². The van der Waals surface area contributed by atoms with Crippen LogP contribution in [0.3, 0.4) is 0 Å². The quantitative estimate of drug-likeness (QED) is 0.0796. The second-order valence-electron chi connectivity index (χ2n) is 9.35. The fraction of sp³-hybridized carbons (Fsp3) is 0.111. The number of sulfone groups is 2. The standard InChI is InChI=1S/C27H22F6N4O4S2/c28-26(29,30)25(27(31,36)37(32)33,17-1-9-21(10-2-17)42(38,39)23-13-5-19(34)6-14-23)18-3-11-22(12-4-18)43(40,41)24-15-7-20(35)8-16-24/h1-16H,34-36H2. The molecule has 1 unspecified atom stereocenters. The second-order valence-corrected chi connectivity index (χ2v) is 13.2. The minimum atomic E-state index is -5.89. The number of benzene rings is 4. The molecule has 228 valence electrons. The van der Waals surface area contributed by atoms with Crippen molar-refractivity contribution in [3.05, 3.63) is 108 Å². The highest BCUT2D eigenvalue weighted by atomic mass is 32.2. The normalized spacial score (nSPS) is 14.4. The molecule has 4 aromatic rings. The highest BCUT2D eigenvalue weighted by Crippen LogP contribution is 2.54. The van der Waals surface area contributed by atoms with Crippen LogP contribution in [0.5, 0.6) is 0 Å². The van der Waals surface area contributed by atoms with E-state index in [-0.39, 0.29) is 21.2 Å². The largest absolute Gasteiger partial charge is 0.408 e. The Morgan fingerprint density at radius 1 is 0.512 bits per heavy atom. The highest BCUT2D eigenvalue weighted by molar-refractivity contribution is 7.91. The minimum absolute atomic E-state index is 0.237. The molecule has 0 aliphatic carbocycles. The molecular formula is C27H22F6N4O4S2. The van der Waals surface area contributed by atoms with E-state index in [1.165, 1.54) is 24.3 Å². The smallest absolute Gasteiger partial charge is 0.399 e. The number of nitrogens with two attached hydrogens (primary N) is 3. The SMILES string of the molecule is Nc1ccc(S(=O)(=O)c2ccc(C(c3ccc(S(=O)(=O)c4ccc(N)cc4)cc3)(C(F)(F)F)C(N)(F)N(F)F)cc2)cc1. The molecule has 43 heavy (non-hydrogen) atoms. The molecule has 0 amide bonds. The average Bonchev–Trinajstić information content (AvgIpc) is 2.93. The lowest BCUT2D eigenvalue weighted by Gasteiger charge is -2.44. The van der Waals surface area contributed by atoms with Gasteiger partial charge in [-0.2, -0.15) is 13.2 Å². The van der Waals surface area contributed by atoms with E-state index in [4.69, 9.17) is 17.2 Å². The van der Waals surface area contributed by atoms with Gasteiger partial charge in [-0.3, -0.25) is 5.73 Å². The van der Waals surface area contributed by atoms with E-state index in [0.717, 1.165) is 24.3 Å². The number of anilines is 2. The van der Waals surface area contributed by atoms with Gasteiger partial charge in [-0.25, -0.2) is 21.2 Å². The Kier molecular flexibility index (Phi) is 8.03. The average molecular weight is 645 g/mol. The summed E-state index contributed by atoms with van der Waals surface area (Å²) in [6.07, 6.45) is -5.89. The van der Waals surface area contributed by atoms with Crippen LogP contribution in [0.25, 0.3) is 0 Å². The molecule has 4 rings (SSSR count). The van der Waals surface area contributed by atoms with Crippen LogP contribution in [0.1, 0.15) is 11.1 Å². The summed E-state index contributed by atoms with van der Waals surface area (Å²) >= 11 is 0. The first-order chi connectivity index (χ1) is 19.9. The summed E-state index contributed by atoms with van der Waals surface area (Å²) in [4.78, 5) is -1.62. The van der Waals surface area contributed by atoms with E-state index in [9.17, 15) is 39.0 Å². The number of nitrogens with zero attached hydrogens (tertiary/aromatic N) is 1. The molecule has 0 heterocycles. The minimum Gasteiger partial charge on any atom is -0.399 e. The first kappa shape index (κ1) is 31.8. The summed E-state index contributed by atoms with van der Waals surface area (Å²) in [6, 6.07) is 14.4. The van der Waals surface area contributed by atoms with E-state index in [1.54, 1.807) is 0 Å². The van der Waals surface area contributed by atoms with E-state index < -0.39 is 63.4 Å². The van der Waals surface area contributed by atoms with Crippen LogP contribution < -0.4 is 17.2 Å². The summed E-state index contributed by atoms with van der Waals surface area (Å²) in [6.45, 7) is 0. The predicted molar refractivity (Wildman–Crippen MR) is 144 cm³/mol. The molecule has 0 saturated heterocycles. The Morgan fingerprint density at radius 3 is 1.00 bits per heavy atom. The van der Waals surface area contributed by atoms with Crippen LogP contribution >= 0.6 is 0 Å². The zero-order valence-corrected chi connectivity index (χ0v) is 23.3. The lowest BCUT2D eigenvalue weighted by atomic mass is 9.70. The molecule has 4 aromatic carbocycles. The molecule has 0 bridgehead atoms. The van der Waals surface area contributed by atoms with Crippen molar-refractivity contribution in [1.82, 2.24) is 5.34 Å². The Bertz CT molecular complexity index is 1710. The maximum Gasteiger partial charge on any atom is 0.408 e. The van der Waals surface area contributed by atoms with Crippen LogP contribution in [-0.4, -0.2) is 34.3 Å². The van der Waals surface area contributed by atoms with E-state index in [0.29, 0.717) is 48.5 Å². The van der Waals surface area contributed by atoms with Gasteiger partial charge in [-0.15, -0.1) is 0 Å². The van der Waals surface area contributed by atoms with Gasteiger partial charge in [-0.05, 0) is 83.9 Å². The van der Waals surface area contributed by atoms with Gasteiger partial charge in [-0.1, -0.05) is 33.2 Å². The number of rotatable bonds is 8. The topological polar surface area (TPSA) is 150 Å². The summed E-state index contributed by atoms with van der Waals surface area (Å²) in [5, 5.41) is -2.46. The van der Waals surface area contributed by atoms with Gasteiger partial charge in [0.05, 0.1) is 24.9 Å². The van der Waals surface area contributed by atoms with Gasteiger partial charge in [0.25, 0.3) is 5.92 Å². The maximum absolute atomic E-state index is 15.6. The van der Waals surface area contributed by atoms with Crippen LogP contribution in [0, 0.1) is 0 Å². The monoisotopic (exact) mass is 644 g/mol. The lowest BCUT2D eigenvalue weighted by Crippen LogP contribution is -2.68. The Labute approximate surface area is 242 Å². The number of hydrogen-bond acceptors (Lipinski definition) is 8. The van der Waals surface area contributed by atoms with Crippen LogP contribution in [0.4, 0.5) is 37.9 Å². The second kappa shape index (κ2) is 10.9. The van der Waals surface area contributed by atoms with Crippen molar-refractivity contribution in [3.63, 3.8) is 0 Å². The summed E-state index contributed by atoms with van der Waals surface area (Å²) in [5.41, 5.74) is 9.91. The van der Waals surface area contributed by atoms with Gasteiger partial charge >= 0.3 is 6.18 Å². The fourth-order valence-electron chi connectivity index (χ4n) is 4.56. The van der Waals surface area contributed by atoms with Crippen molar-refractivity contribution in [2.75, 3.05) is 11.5 Å². The zero-order valence-electron chi connectivity index (χ0n) is 21.6. The van der Waals surface area contributed by atoms with Crippen molar-refractivity contribution in [2.45, 2.75) is 37.1 Å². The van der Waals surface area contributed by atoms with E-state index in [2.05, 4.69) is 0 Å². The third-order valence-corrected chi connectivity index (χ3v) is 10.3. The van der Waals surface area contributed by atoms with Gasteiger partial charge in [0.1, 0.15) is 0 Å². The van der Waals surface area contributed by atoms with Crippen molar-refractivity contribution in [2.24, 2.45) is 5.73 Å². The van der Waals surface area contributed by atoms with Crippen molar-refractivity contribution in [3.8, 4) is 0 Å². The molecule has 8 nitrogen and oxygen atoms in total. The van der Waals surface area contributed by atoms with Crippen molar-refractivity contribution >= 4 is 31.0 Å². The first-order valence-electron chi connectivity index (χ1n) is 12.0. The fourth-order valence-corrected chi connectivity index (χ4v) is 7.08.